The lowest BCUT2D eigenvalue weighted by Gasteiger charge is -2.12. The molecule has 0 bridgehead atoms. The molecule has 4 aromatic rings. The van der Waals surface area contributed by atoms with Gasteiger partial charge in [-0.1, -0.05) is 73.7 Å². The van der Waals surface area contributed by atoms with Crippen LogP contribution in [0.5, 0.6) is 5.75 Å². The van der Waals surface area contributed by atoms with Crippen LogP contribution in [0.2, 0.25) is 0 Å². The summed E-state index contributed by atoms with van der Waals surface area (Å²) >= 11 is 0. The van der Waals surface area contributed by atoms with E-state index in [0.717, 1.165) is 29.7 Å². The lowest BCUT2D eigenvalue weighted by molar-refractivity contribution is 0.0734. The highest BCUT2D eigenvalue weighted by atomic mass is 19.2. The van der Waals surface area contributed by atoms with Crippen molar-refractivity contribution >= 4 is 5.97 Å². The van der Waals surface area contributed by atoms with E-state index in [9.17, 15) is 13.6 Å². The fourth-order valence-electron chi connectivity index (χ4n) is 3.59. The van der Waals surface area contributed by atoms with E-state index in [1.165, 1.54) is 17.2 Å². The highest BCUT2D eigenvalue weighted by Crippen LogP contribution is 2.25. The Bertz CT molecular complexity index is 1200. The van der Waals surface area contributed by atoms with Crippen molar-refractivity contribution in [3.05, 3.63) is 125 Å². The van der Waals surface area contributed by atoms with Gasteiger partial charge in [-0.3, -0.25) is 0 Å². The number of carbonyl (C=O) groups is 1. The topological polar surface area (TPSA) is 26.3 Å². The zero-order valence-electron chi connectivity index (χ0n) is 17.6. The summed E-state index contributed by atoms with van der Waals surface area (Å²) in [6.45, 7) is 2.22. The molecule has 0 aliphatic carbocycles. The molecule has 0 radical (unpaired) electrons. The Morgan fingerprint density at radius 1 is 0.781 bits per heavy atom. The van der Waals surface area contributed by atoms with E-state index in [0.29, 0.717) is 11.5 Å². The van der Waals surface area contributed by atoms with Crippen LogP contribution in [-0.4, -0.2) is 5.97 Å². The average Bonchev–Trinajstić information content (AvgIpc) is 2.82. The van der Waals surface area contributed by atoms with Gasteiger partial charge in [0, 0.05) is 6.07 Å². The van der Waals surface area contributed by atoms with Crippen molar-refractivity contribution < 1.29 is 18.3 Å². The number of hydrogen-bond donors (Lipinski definition) is 0. The molecule has 0 aromatic heterocycles. The zero-order chi connectivity index (χ0) is 22.5. The second-order valence-electron chi connectivity index (χ2n) is 7.76. The van der Waals surface area contributed by atoms with Gasteiger partial charge in [0.25, 0.3) is 0 Å². The molecule has 1 atom stereocenters. The molecule has 0 spiro atoms. The minimum atomic E-state index is -1.06. The van der Waals surface area contributed by atoms with Crippen molar-refractivity contribution in [2.45, 2.75) is 19.3 Å². The van der Waals surface area contributed by atoms with Gasteiger partial charge in [0.15, 0.2) is 11.6 Å². The summed E-state index contributed by atoms with van der Waals surface area (Å²) in [4.78, 5) is 12.3. The predicted molar refractivity (Wildman–Crippen MR) is 122 cm³/mol. The van der Waals surface area contributed by atoms with Crippen LogP contribution in [0.15, 0.2) is 97.1 Å². The molecule has 4 heteroatoms. The van der Waals surface area contributed by atoms with Crippen LogP contribution in [0.4, 0.5) is 8.78 Å². The highest BCUT2D eigenvalue weighted by Gasteiger charge is 2.11. The predicted octanol–water partition coefficient (Wildman–Crippen LogP) is 7.20. The number of benzene rings is 4. The van der Waals surface area contributed by atoms with E-state index >= 15 is 0 Å². The summed E-state index contributed by atoms with van der Waals surface area (Å²) in [7, 11) is 0. The molecule has 0 aliphatic heterocycles. The molecule has 0 amide bonds. The number of carbonyl (C=O) groups excluding carboxylic acids is 1. The van der Waals surface area contributed by atoms with Crippen LogP contribution >= 0.6 is 0 Å². The number of halogens is 2. The van der Waals surface area contributed by atoms with Gasteiger partial charge in [-0.25, -0.2) is 13.6 Å². The van der Waals surface area contributed by atoms with Gasteiger partial charge in [-0.15, -0.1) is 0 Å². The Morgan fingerprint density at radius 2 is 1.41 bits per heavy atom. The van der Waals surface area contributed by atoms with Crippen LogP contribution in [0.25, 0.3) is 11.1 Å². The number of ether oxygens (including phenoxy) is 1. The maximum absolute atomic E-state index is 13.3. The Balaban J connectivity index is 1.41. The fraction of sp³-hybridized carbons (Fsp3) is 0.107. The van der Waals surface area contributed by atoms with Crippen molar-refractivity contribution in [2.24, 2.45) is 0 Å². The minimum Gasteiger partial charge on any atom is -0.423 e. The van der Waals surface area contributed by atoms with Gasteiger partial charge >= 0.3 is 5.97 Å². The van der Waals surface area contributed by atoms with Crippen molar-refractivity contribution in [1.82, 2.24) is 0 Å². The van der Waals surface area contributed by atoms with Crippen molar-refractivity contribution in [1.29, 1.82) is 0 Å². The Morgan fingerprint density at radius 3 is 2.03 bits per heavy atom. The molecule has 0 heterocycles. The lowest BCUT2D eigenvalue weighted by atomic mass is 9.93. The monoisotopic (exact) mass is 428 g/mol. The van der Waals surface area contributed by atoms with Gasteiger partial charge < -0.3 is 4.74 Å². The van der Waals surface area contributed by atoms with E-state index in [1.54, 1.807) is 12.1 Å². The van der Waals surface area contributed by atoms with Gasteiger partial charge in [0.2, 0.25) is 0 Å². The molecule has 4 aromatic carbocycles. The molecule has 0 N–H and O–H groups in total. The molecule has 32 heavy (non-hydrogen) atoms. The number of hydrogen-bond acceptors (Lipinski definition) is 2. The van der Waals surface area contributed by atoms with Gasteiger partial charge in [-0.2, -0.15) is 0 Å². The summed E-state index contributed by atoms with van der Waals surface area (Å²) in [6, 6.07) is 28.8. The normalized spacial score (nSPS) is 11.7. The molecular formula is C28H22F2O2. The maximum Gasteiger partial charge on any atom is 0.343 e. The first-order valence-electron chi connectivity index (χ1n) is 10.4. The maximum atomic E-state index is 13.3. The van der Waals surface area contributed by atoms with Crippen LogP contribution in [-0.2, 0) is 6.42 Å². The SMILES string of the molecule is C[C@@H](Cc1ccc(-c2ccc(C(=O)Oc3ccc(F)c(F)c3)cc2)cc1)c1ccccc1. The van der Waals surface area contributed by atoms with Crippen LogP contribution in [0, 0.1) is 11.6 Å². The molecule has 0 saturated carbocycles. The standard InChI is InChI=1S/C28H22F2O2/c1-19(21-5-3-2-4-6-21)17-20-7-9-22(10-8-20)23-11-13-24(14-12-23)28(31)32-25-15-16-26(29)27(30)18-25/h2-16,18-19H,17H2,1H3/t19-/m0/s1. The quantitative estimate of drug-likeness (QED) is 0.240. The Hall–Kier alpha value is -3.79. The zero-order valence-corrected chi connectivity index (χ0v) is 17.6. The molecule has 0 saturated heterocycles. The molecule has 2 nitrogen and oxygen atoms in total. The first-order chi connectivity index (χ1) is 15.5. The second kappa shape index (κ2) is 9.56. The molecule has 0 fully saturated rings. The minimum absolute atomic E-state index is 0.0432. The van der Waals surface area contributed by atoms with E-state index in [2.05, 4.69) is 55.5 Å². The van der Waals surface area contributed by atoms with Crippen molar-refractivity contribution in [2.75, 3.05) is 0 Å². The first-order valence-corrected chi connectivity index (χ1v) is 10.4. The van der Waals surface area contributed by atoms with Crippen molar-refractivity contribution in [3.63, 3.8) is 0 Å². The van der Waals surface area contributed by atoms with E-state index < -0.39 is 17.6 Å². The fourth-order valence-corrected chi connectivity index (χ4v) is 3.59. The summed E-state index contributed by atoms with van der Waals surface area (Å²) < 4.78 is 31.4. The lowest BCUT2D eigenvalue weighted by Crippen LogP contribution is -2.08. The van der Waals surface area contributed by atoms with E-state index in [-0.39, 0.29) is 5.75 Å². The number of rotatable bonds is 6. The molecule has 160 valence electrons. The van der Waals surface area contributed by atoms with E-state index in [1.807, 2.05) is 18.2 Å². The van der Waals surface area contributed by atoms with Crippen LogP contribution in [0.1, 0.15) is 34.3 Å². The van der Waals surface area contributed by atoms with Crippen molar-refractivity contribution in [3.8, 4) is 16.9 Å². The Labute approximate surface area is 186 Å². The second-order valence-corrected chi connectivity index (χ2v) is 7.76. The molecule has 0 unspecified atom stereocenters. The molecule has 4 rings (SSSR count). The van der Waals surface area contributed by atoms with Crippen LogP contribution < -0.4 is 4.74 Å². The number of esters is 1. The van der Waals surface area contributed by atoms with E-state index in [4.69, 9.17) is 4.74 Å². The summed E-state index contributed by atoms with van der Waals surface area (Å²) in [5.41, 5.74) is 4.92. The molecular weight excluding hydrogens is 406 g/mol. The van der Waals surface area contributed by atoms with Crippen LogP contribution in [0.3, 0.4) is 0 Å². The van der Waals surface area contributed by atoms with Gasteiger partial charge in [0.1, 0.15) is 5.75 Å². The molecule has 0 aliphatic rings. The third-order valence-corrected chi connectivity index (χ3v) is 5.42. The third kappa shape index (κ3) is 5.09. The largest absolute Gasteiger partial charge is 0.423 e. The summed E-state index contributed by atoms with van der Waals surface area (Å²) in [5.74, 6) is -2.30. The van der Waals surface area contributed by atoms with Gasteiger partial charge in [-0.05, 0) is 58.9 Å². The smallest absolute Gasteiger partial charge is 0.343 e. The van der Waals surface area contributed by atoms with Gasteiger partial charge in [0.05, 0.1) is 5.56 Å². The highest BCUT2D eigenvalue weighted by molar-refractivity contribution is 5.91. The Kier molecular flexibility index (Phi) is 6.41. The average molecular weight is 428 g/mol. The summed E-state index contributed by atoms with van der Waals surface area (Å²) in [6.07, 6.45) is 0.957. The third-order valence-electron chi connectivity index (χ3n) is 5.42. The summed E-state index contributed by atoms with van der Waals surface area (Å²) in [5, 5.41) is 0. The first kappa shape index (κ1) is 21.4.